The fourth-order valence-corrected chi connectivity index (χ4v) is 1.88. The molecule has 2 nitrogen and oxygen atoms in total. The van der Waals surface area contributed by atoms with Gasteiger partial charge in [0.2, 0.25) is 5.91 Å². The average Bonchev–Trinajstić information content (AvgIpc) is 2.58. The molecule has 0 fully saturated rings. The van der Waals surface area contributed by atoms with Gasteiger partial charge in [-0.25, -0.2) is 0 Å². The third-order valence-corrected chi connectivity index (χ3v) is 2.47. The maximum atomic E-state index is 11.7. The number of nitrogens with zero attached hydrogens (tertiary/aromatic N) is 1. The number of hydrogen-bond acceptors (Lipinski definition) is 1. The molecule has 1 aliphatic rings. The van der Waals surface area contributed by atoms with Gasteiger partial charge in [-0.3, -0.25) is 4.79 Å². The second kappa shape index (κ2) is 5.69. The molecule has 2 rings (SSSR count). The Morgan fingerprint density at radius 3 is 2.50 bits per heavy atom. The Labute approximate surface area is 98.3 Å². The van der Waals surface area contributed by atoms with Crippen LogP contribution in [0.4, 0.5) is 5.69 Å². The summed E-state index contributed by atoms with van der Waals surface area (Å²) in [4.78, 5) is 13.6. The molecule has 0 atom stereocenters. The van der Waals surface area contributed by atoms with Crippen molar-refractivity contribution in [2.75, 3.05) is 11.4 Å². The molecule has 1 aliphatic heterocycles. The van der Waals surface area contributed by atoms with Crippen LogP contribution in [0.3, 0.4) is 0 Å². The number of fused-ring (bicyclic) bond motifs is 1. The molecule has 88 valence electrons. The van der Waals surface area contributed by atoms with Crippen LogP contribution in [0.15, 0.2) is 24.3 Å². The molecular formula is C14H21NO. The van der Waals surface area contributed by atoms with Gasteiger partial charge < -0.3 is 4.90 Å². The highest BCUT2D eigenvalue weighted by molar-refractivity contribution is 6.01. The van der Waals surface area contributed by atoms with Crippen LogP contribution in [0.2, 0.25) is 0 Å². The first-order valence-corrected chi connectivity index (χ1v) is 6.06. The highest BCUT2D eigenvalue weighted by Gasteiger charge is 2.26. The maximum absolute atomic E-state index is 11.7. The zero-order valence-electron chi connectivity index (χ0n) is 10.7. The van der Waals surface area contributed by atoms with Crippen molar-refractivity contribution >= 4 is 11.6 Å². The predicted octanol–water partition coefficient (Wildman–Crippen LogP) is 3.26. The Hall–Kier alpha value is -1.31. The minimum Gasteiger partial charge on any atom is -0.312 e. The fraction of sp³-hybridized carbons (Fsp3) is 0.500. The molecule has 0 aliphatic carbocycles. The Morgan fingerprint density at radius 1 is 1.25 bits per heavy atom. The van der Waals surface area contributed by atoms with Crippen molar-refractivity contribution in [1.29, 1.82) is 0 Å². The highest BCUT2D eigenvalue weighted by atomic mass is 16.2. The van der Waals surface area contributed by atoms with Crippen molar-refractivity contribution in [3.63, 3.8) is 0 Å². The molecule has 16 heavy (non-hydrogen) atoms. The van der Waals surface area contributed by atoms with Crippen LogP contribution in [0, 0.1) is 5.92 Å². The van der Waals surface area contributed by atoms with Gasteiger partial charge in [-0.1, -0.05) is 45.9 Å². The van der Waals surface area contributed by atoms with Crippen LogP contribution in [0.25, 0.3) is 0 Å². The van der Waals surface area contributed by atoms with Crippen LogP contribution in [-0.4, -0.2) is 12.5 Å². The van der Waals surface area contributed by atoms with Gasteiger partial charge in [0.25, 0.3) is 0 Å². The zero-order chi connectivity index (χ0) is 12.1. The second-order valence-corrected chi connectivity index (χ2v) is 4.20. The number of carbonyl (C=O) groups excluding carboxylic acids is 1. The number of rotatable bonds is 2. The predicted molar refractivity (Wildman–Crippen MR) is 68.7 cm³/mol. The molecule has 1 aromatic carbocycles. The Bertz CT molecular complexity index is 358. The summed E-state index contributed by atoms with van der Waals surface area (Å²) in [5.74, 6) is 0.755. The molecule has 0 N–H and O–H groups in total. The Kier molecular flexibility index (Phi) is 4.53. The lowest BCUT2D eigenvalue weighted by Gasteiger charge is -2.19. The van der Waals surface area contributed by atoms with Gasteiger partial charge in [0.05, 0.1) is 6.42 Å². The molecule has 0 saturated carbocycles. The molecule has 0 aromatic heterocycles. The quantitative estimate of drug-likeness (QED) is 0.747. The molecule has 0 bridgehead atoms. The van der Waals surface area contributed by atoms with Crippen molar-refractivity contribution in [1.82, 2.24) is 0 Å². The highest BCUT2D eigenvalue weighted by Crippen LogP contribution is 2.28. The van der Waals surface area contributed by atoms with Gasteiger partial charge in [0, 0.05) is 12.2 Å². The van der Waals surface area contributed by atoms with E-state index in [1.807, 2.05) is 43.0 Å². The largest absolute Gasteiger partial charge is 0.312 e. The summed E-state index contributed by atoms with van der Waals surface area (Å²) in [5, 5.41) is 0. The first kappa shape index (κ1) is 12.8. The summed E-state index contributed by atoms with van der Waals surface area (Å²) in [6.45, 7) is 9.10. The van der Waals surface area contributed by atoms with E-state index >= 15 is 0 Å². The van der Waals surface area contributed by atoms with E-state index in [0.29, 0.717) is 12.3 Å². The van der Waals surface area contributed by atoms with Crippen LogP contribution in [0.1, 0.15) is 33.3 Å². The summed E-state index contributed by atoms with van der Waals surface area (Å²) in [6.07, 6.45) is 0.572. The van der Waals surface area contributed by atoms with Crippen molar-refractivity contribution in [2.24, 2.45) is 5.92 Å². The molecular weight excluding hydrogens is 198 g/mol. The van der Waals surface area contributed by atoms with E-state index in [-0.39, 0.29) is 5.91 Å². The van der Waals surface area contributed by atoms with E-state index in [2.05, 4.69) is 13.8 Å². The Morgan fingerprint density at radius 2 is 1.88 bits per heavy atom. The number of amides is 1. The lowest BCUT2D eigenvalue weighted by Crippen LogP contribution is -2.30. The van der Waals surface area contributed by atoms with Crippen LogP contribution >= 0.6 is 0 Å². The fourth-order valence-electron chi connectivity index (χ4n) is 1.88. The summed E-state index contributed by atoms with van der Waals surface area (Å²) in [7, 11) is 0. The lowest BCUT2D eigenvalue weighted by molar-refractivity contribution is -0.117. The van der Waals surface area contributed by atoms with Crippen molar-refractivity contribution in [3.8, 4) is 0 Å². The van der Waals surface area contributed by atoms with Gasteiger partial charge in [-0.15, -0.1) is 0 Å². The first-order chi connectivity index (χ1) is 7.68. The molecule has 0 saturated heterocycles. The molecule has 1 aromatic rings. The molecule has 1 amide bonds. The number of carbonyl (C=O) groups is 1. The number of anilines is 1. The van der Waals surface area contributed by atoms with Crippen molar-refractivity contribution in [2.45, 2.75) is 34.1 Å². The monoisotopic (exact) mass is 219 g/mol. The summed E-state index contributed by atoms with van der Waals surface area (Å²) in [6, 6.07) is 8.05. The Balaban J connectivity index is 0.000000606. The molecule has 0 unspecified atom stereocenters. The zero-order valence-corrected chi connectivity index (χ0v) is 10.7. The molecule has 2 heteroatoms. The second-order valence-electron chi connectivity index (χ2n) is 4.20. The molecule has 0 radical (unpaired) electrons. The third kappa shape index (κ3) is 2.63. The van der Waals surface area contributed by atoms with Gasteiger partial charge in [-0.05, 0) is 17.5 Å². The van der Waals surface area contributed by atoms with E-state index in [0.717, 1.165) is 17.8 Å². The van der Waals surface area contributed by atoms with E-state index in [4.69, 9.17) is 0 Å². The van der Waals surface area contributed by atoms with Crippen LogP contribution < -0.4 is 4.90 Å². The maximum Gasteiger partial charge on any atom is 0.231 e. The van der Waals surface area contributed by atoms with E-state index in [1.54, 1.807) is 0 Å². The summed E-state index contributed by atoms with van der Waals surface area (Å²) in [5.41, 5.74) is 2.27. The smallest absolute Gasteiger partial charge is 0.231 e. The lowest BCUT2D eigenvalue weighted by atomic mass is 10.1. The minimum absolute atomic E-state index is 0.236. The standard InChI is InChI=1S/C12H15NO.C2H6/c1-9(2)8-13-11-6-4-3-5-10(11)7-12(13)14;1-2/h3-6,9H,7-8H2,1-2H3;1-2H3. The normalized spacial score (nSPS) is 13.6. The SMILES string of the molecule is CC.CC(C)CN1C(=O)Cc2ccccc21. The number of para-hydroxylation sites is 1. The topological polar surface area (TPSA) is 20.3 Å². The van der Waals surface area contributed by atoms with Crippen molar-refractivity contribution in [3.05, 3.63) is 29.8 Å². The van der Waals surface area contributed by atoms with E-state index in [1.165, 1.54) is 0 Å². The molecule has 1 heterocycles. The summed E-state index contributed by atoms with van der Waals surface area (Å²) < 4.78 is 0. The average molecular weight is 219 g/mol. The van der Waals surface area contributed by atoms with Crippen LogP contribution in [0.5, 0.6) is 0 Å². The number of benzene rings is 1. The van der Waals surface area contributed by atoms with Gasteiger partial charge in [-0.2, -0.15) is 0 Å². The minimum atomic E-state index is 0.236. The first-order valence-electron chi connectivity index (χ1n) is 6.06. The third-order valence-electron chi connectivity index (χ3n) is 2.47. The summed E-state index contributed by atoms with van der Waals surface area (Å²) >= 11 is 0. The van der Waals surface area contributed by atoms with E-state index < -0.39 is 0 Å². The van der Waals surface area contributed by atoms with Gasteiger partial charge >= 0.3 is 0 Å². The van der Waals surface area contributed by atoms with Gasteiger partial charge in [0.1, 0.15) is 0 Å². The van der Waals surface area contributed by atoms with Crippen molar-refractivity contribution < 1.29 is 4.79 Å². The van der Waals surface area contributed by atoms with Crippen LogP contribution in [-0.2, 0) is 11.2 Å². The van der Waals surface area contributed by atoms with E-state index in [9.17, 15) is 4.79 Å². The molecule has 0 spiro atoms. The number of hydrogen-bond donors (Lipinski definition) is 0. The van der Waals surface area contributed by atoms with Gasteiger partial charge in [0.15, 0.2) is 0 Å².